The van der Waals surface area contributed by atoms with Crippen LogP contribution in [-0.4, -0.2) is 110 Å². The number of hydrogen-bond acceptors (Lipinski definition) is 9. The van der Waals surface area contributed by atoms with E-state index < -0.39 is 12.1 Å². The molecule has 13 nitrogen and oxygen atoms in total. The first-order valence-electron chi connectivity index (χ1n) is 13.7. The van der Waals surface area contributed by atoms with Crippen molar-refractivity contribution >= 4 is 34.4 Å². The van der Waals surface area contributed by atoms with E-state index in [9.17, 15) is 14.0 Å². The minimum atomic E-state index is -1.09. The number of nitrogens with one attached hydrogen (secondary N) is 2. The smallest absolute Gasteiger partial charge is 0.269 e. The maximum absolute atomic E-state index is 14.6. The highest BCUT2D eigenvalue weighted by molar-refractivity contribution is 6.05. The second-order valence-corrected chi connectivity index (χ2v) is 10.7. The molecule has 5 heterocycles. The fourth-order valence-corrected chi connectivity index (χ4v) is 5.89. The van der Waals surface area contributed by atoms with Crippen molar-refractivity contribution in [3.05, 3.63) is 42.4 Å². The molecule has 0 saturated carbocycles. The number of hydrogen-bond donors (Lipinski definition) is 3. The van der Waals surface area contributed by atoms with Crippen molar-refractivity contribution in [1.82, 2.24) is 40.1 Å². The minimum absolute atomic E-state index is 0.0145. The molecule has 214 valence electrons. The topological polar surface area (TPSA) is 162 Å². The number of amidine groups is 2. The van der Waals surface area contributed by atoms with Crippen molar-refractivity contribution in [1.29, 1.82) is 5.41 Å². The van der Waals surface area contributed by atoms with E-state index in [0.29, 0.717) is 30.4 Å². The standard InChI is InChI=1S/C27H32FN11O2/c1-36-8-6-24(34-36)37-9-5-21(27(37)41)31-13-19-11-18(28)14-38(19)23(29)15-39-22-3-2-16(17-4-7-32-33-12-17)10-20(22)25(35-39)26(30)40/h2-4,7,10,12,18-19,21,29,31H,5-6,8-9,11,13-15H2,1H3,(H2,30,40). The molecule has 2 aromatic heterocycles. The van der Waals surface area contributed by atoms with Gasteiger partial charge in [-0.2, -0.15) is 20.4 Å². The number of primary amides is 1. The summed E-state index contributed by atoms with van der Waals surface area (Å²) in [6.45, 7) is 1.89. The van der Waals surface area contributed by atoms with Crippen molar-refractivity contribution in [2.24, 2.45) is 10.8 Å². The number of carbonyl (C=O) groups is 2. The lowest BCUT2D eigenvalue weighted by Crippen LogP contribution is -2.47. The summed E-state index contributed by atoms with van der Waals surface area (Å²) in [5.74, 6) is 0.269. The number of hydrazone groups is 1. The lowest BCUT2D eigenvalue weighted by molar-refractivity contribution is -0.126. The summed E-state index contributed by atoms with van der Waals surface area (Å²) in [4.78, 5) is 28.7. The van der Waals surface area contributed by atoms with E-state index in [1.165, 1.54) is 0 Å². The summed E-state index contributed by atoms with van der Waals surface area (Å²) in [5.41, 5.74) is 8.02. The van der Waals surface area contributed by atoms with Gasteiger partial charge in [0.25, 0.3) is 5.91 Å². The molecule has 0 spiro atoms. The molecule has 41 heavy (non-hydrogen) atoms. The molecule has 3 aliphatic rings. The third kappa shape index (κ3) is 5.22. The maximum atomic E-state index is 14.6. The molecular formula is C27H32FN11O2. The number of benzene rings is 1. The largest absolute Gasteiger partial charge is 0.364 e. The van der Waals surface area contributed by atoms with Crippen LogP contribution in [0.25, 0.3) is 22.0 Å². The lowest BCUT2D eigenvalue weighted by Gasteiger charge is -2.28. The van der Waals surface area contributed by atoms with Crippen molar-refractivity contribution in [2.45, 2.75) is 44.1 Å². The van der Waals surface area contributed by atoms with Gasteiger partial charge in [0.1, 0.15) is 17.8 Å². The van der Waals surface area contributed by atoms with Crippen LogP contribution in [0.15, 0.2) is 41.8 Å². The summed E-state index contributed by atoms with van der Waals surface area (Å²) < 4.78 is 16.2. The Labute approximate surface area is 235 Å². The quantitative estimate of drug-likeness (QED) is 0.282. The molecule has 0 bridgehead atoms. The van der Waals surface area contributed by atoms with Crippen LogP contribution in [0.3, 0.4) is 0 Å². The van der Waals surface area contributed by atoms with Gasteiger partial charge in [0.05, 0.1) is 37.0 Å². The lowest BCUT2D eigenvalue weighted by atomic mass is 10.0. The Hall–Kier alpha value is -4.46. The van der Waals surface area contributed by atoms with Gasteiger partial charge in [-0.3, -0.25) is 29.6 Å². The highest BCUT2D eigenvalue weighted by Crippen LogP contribution is 2.27. The van der Waals surface area contributed by atoms with Gasteiger partial charge in [-0.05, 0) is 30.2 Å². The Morgan fingerprint density at radius 1 is 1.22 bits per heavy atom. The molecule has 3 aromatic rings. The van der Waals surface area contributed by atoms with Crippen molar-refractivity contribution in [2.75, 3.05) is 33.2 Å². The predicted octanol–water partition coefficient (Wildman–Crippen LogP) is 0.821. The summed E-state index contributed by atoms with van der Waals surface area (Å²) in [5, 5.41) is 31.1. The van der Waals surface area contributed by atoms with Crippen molar-refractivity contribution in [3.8, 4) is 11.1 Å². The van der Waals surface area contributed by atoms with Gasteiger partial charge in [-0.25, -0.2) is 4.39 Å². The van der Waals surface area contributed by atoms with E-state index in [1.54, 1.807) is 26.9 Å². The minimum Gasteiger partial charge on any atom is -0.364 e. The first-order chi connectivity index (χ1) is 19.8. The Morgan fingerprint density at radius 2 is 2.07 bits per heavy atom. The van der Waals surface area contributed by atoms with Crippen LogP contribution in [0.4, 0.5) is 4.39 Å². The average Bonchev–Trinajstić information content (AvgIpc) is 3.73. The number of nitrogens with zero attached hydrogens (tertiary/aromatic N) is 8. The molecule has 2 amide bonds. The fraction of sp³-hybridized carbons (Fsp3) is 0.444. The Morgan fingerprint density at radius 3 is 2.80 bits per heavy atom. The Bertz CT molecular complexity index is 1520. The molecule has 3 unspecified atom stereocenters. The zero-order valence-electron chi connectivity index (χ0n) is 22.7. The molecule has 3 aliphatic heterocycles. The molecule has 14 heteroatoms. The second-order valence-electron chi connectivity index (χ2n) is 10.7. The normalized spacial score (nSPS) is 22.7. The monoisotopic (exact) mass is 561 g/mol. The van der Waals surface area contributed by atoms with Crippen molar-refractivity contribution in [3.63, 3.8) is 0 Å². The highest BCUT2D eigenvalue weighted by atomic mass is 19.1. The maximum Gasteiger partial charge on any atom is 0.269 e. The molecule has 0 radical (unpaired) electrons. The van der Waals surface area contributed by atoms with Gasteiger partial charge >= 0.3 is 0 Å². The van der Waals surface area contributed by atoms with Gasteiger partial charge in [0.2, 0.25) is 5.91 Å². The molecule has 0 aliphatic carbocycles. The van der Waals surface area contributed by atoms with Crippen LogP contribution in [0.1, 0.15) is 29.8 Å². The van der Waals surface area contributed by atoms with Gasteiger partial charge < -0.3 is 16.0 Å². The van der Waals surface area contributed by atoms with E-state index in [2.05, 4.69) is 25.7 Å². The van der Waals surface area contributed by atoms with Gasteiger partial charge in [0, 0.05) is 56.5 Å². The van der Waals surface area contributed by atoms with E-state index >= 15 is 0 Å². The second kappa shape index (κ2) is 10.8. The molecule has 3 atom stereocenters. The van der Waals surface area contributed by atoms with Crippen molar-refractivity contribution < 1.29 is 14.0 Å². The first-order valence-corrected chi connectivity index (χ1v) is 13.7. The van der Waals surface area contributed by atoms with Gasteiger partial charge in [-0.15, -0.1) is 0 Å². The van der Waals surface area contributed by atoms with Gasteiger partial charge in [0.15, 0.2) is 5.69 Å². The van der Waals surface area contributed by atoms with E-state index in [0.717, 1.165) is 29.9 Å². The molecule has 1 aromatic carbocycles. The number of likely N-dealkylation sites (tertiary alicyclic amines) is 2. The predicted molar refractivity (Wildman–Crippen MR) is 150 cm³/mol. The number of carbonyl (C=O) groups excluding carboxylic acids is 2. The summed E-state index contributed by atoms with van der Waals surface area (Å²) in [6.07, 6.45) is 3.77. The number of alkyl halides is 1. The number of fused-ring (bicyclic) bond motifs is 1. The Balaban J connectivity index is 1.15. The number of aromatic nitrogens is 4. The average molecular weight is 562 g/mol. The fourth-order valence-electron chi connectivity index (χ4n) is 5.89. The summed E-state index contributed by atoms with van der Waals surface area (Å²) >= 11 is 0. The molecule has 4 N–H and O–H groups in total. The van der Waals surface area contributed by atoms with E-state index in [1.807, 2.05) is 36.3 Å². The SMILES string of the molecule is CN1CCC(N2CCC(NCC3CC(F)CN3C(=N)Cn3nc(C(N)=O)c4cc(-c5ccnnc5)ccc43)C2=O)=N1. The van der Waals surface area contributed by atoms with Crippen LogP contribution in [0.5, 0.6) is 0 Å². The van der Waals surface area contributed by atoms with Crippen LogP contribution in [0, 0.1) is 5.41 Å². The number of rotatable bonds is 7. The zero-order valence-corrected chi connectivity index (χ0v) is 22.7. The summed E-state index contributed by atoms with van der Waals surface area (Å²) in [7, 11) is 1.89. The first kappa shape index (κ1) is 26.7. The highest BCUT2D eigenvalue weighted by Gasteiger charge is 2.38. The van der Waals surface area contributed by atoms with E-state index in [4.69, 9.17) is 11.1 Å². The molecule has 6 rings (SSSR count). The third-order valence-electron chi connectivity index (χ3n) is 7.97. The van der Waals surface area contributed by atoms with Gasteiger partial charge in [-0.1, -0.05) is 6.07 Å². The number of nitrogens with two attached hydrogens (primary N) is 1. The third-order valence-corrected chi connectivity index (χ3v) is 7.97. The van der Waals surface area contributed by atoms with Crippen LogP contribution < -0.4 is 11.1 Å². The van der Waals surface area contributed by atoms with Crippen LogP contribution in [-0.2, 0) is 11.3 Å². The van der Waals surface area contributed by atoms with Crippen LogP contribution >= 0.6 is 0 Å². The molecular weight excluding hydrogens is 529 g/mol. The number of amides is 2. The van der Waals surface area contributed by atoms with Crippen LogP contribution in [0.2, 0.25) is 0 Å². The molecule has 2 fully saturated rings. The number of halogens is 1. The van der Waals surface area contributed by atoms with E-state index in [-0.39, 0.29) is 49.0 Å². The molecule has 2 saturated heterocycles. The summed E-state index contributed by atoms with van der Waals surface area (Å²) in [6, 6.07) is 6.67. The zero-order chi connectivity index (χ0) is 28.7. The Kier molecular flexibility index (Phi) is 7.07.